The third-order valence-corrected chi connectivity index (χ3v) is 2.12. The molecule has 0 amide bonds. The molecular weight excluding hydrogens is 238 g/mol. The van der Waals surface area contributed by atoms with Crippen molar-refractivity contribution < 1.29 is 18.8 Å². The van der Waals surface area contributed by atoms with Crippen LogP contribution in [-0.2, 0) is 7.05 Å². The second kappa shape index (κ2) is 4.62. The Morgan fingerprint density at radius 3 is 2.71 bits per heavy atom. The summed E-state index contributed by atoms with van der Waals surface area (Å²) in [5.74, 6) is -3.45. The molecule has 2 N–H and O–H groups in total. The highest BCUT2D eigenvalue weighted by Gasteiger charge is 2.31. The number of alkyl halides is 2. The zero-order valence-electron chi connectivity index (χ0n) is 9.28. The van der Waals surface area contributed by atoms with Crippen LogP contribution in [0.25, 0.3) is 0 Å². The lowest BCUT2D eigenvalue weighted by Gasteiger charge is -2.14. The molecule has 0 spiro atoms. The number of nitrogens with one attached hydrogen (secondary N) is 1. The van der Waals surface area contributed by atoms with Crippen LogP contribution in [0.3, 0.4) is 0 Å². The van der Waals surface area contributed by atoms with Crippen molar-refractivity contribution in [1.82, 2.24) is 9.78 Å². The lowest BCUT2D eigenvalue weighted by atomic mass is 10.3. The molecule has 0 saturated carbocycles. The van der Waals surface area contributed by atoms with Crippen LogP contribution in [0.1, 0.15) is 5.69 Å². The van der Waals surface area contributed by atoms with E-state index in [9.17, 15) is 18.9 Å². The number of nitrogens with zero attached hydrogens (tertiary/aromatic N) is 3. The monoisotopic (exact) mass is 250 g/mol. The third kappa shape index (κ3) is 2.87. The highest BCUT2D eigenvalue weighted by Crippen LogP contribution is 2.28. The Bertz CT molecular complexity index is 433. The molecule has 0 atom stereocenters. The van der Waals surface area contributed by atoms with Crippen molar-refractivity contribution in [3.8, 4) is 0 Å². The van der Waals surface area contributed by atoms with Crippen LogP contribution >= 0.6 is 0 Å². The quantitative estimate of drug-likeness (QED) is 0.592. The van der Waals surface area contributed by atoms with Gasteiger partial charge in [-0.15, -0.1) is 0 Å². The fourth-order valence-corrected chi connectivity index (χ4v) is 1.33. The van der Waals surface area contributed by atoms with E-state index in [0.29, 0.717) is 0 Å². The molecule has 0 aliphatic carbocycles. The van der Waals surface area contributed by atoms with E-state index in [1.807, 2.05) is 0 Å². The SMILES string of the molecule is Cc1nn(C)c(NCC(F)(F)CO)c1[N+](=O)[O-]. The predicted octanol–water partition coefficient (Wildman–Crippen LogP) is 0.676. The number of halogens is 2. The van der Waals surface area contributed by atoms with E-state index in [2.05, 4.69) is 10.4 Å². The van der Waals surface area contributed by atoms with E-state index in [1.54, 1.807) is 0 Å². The summed E-state index contributed by atoms with van der Waals surface area (Å²) in [7, 11) is 1.40. The first kappa shape index (κ1) is 13.3. The molecule has 0 fully saturated rings. The Balaban J connectivity index is 2.95. The van der Waals surface area contributed by atoms with Gasteiger partial charge in [-0.05, 0) is 6.92 Å². The first-order chi connectivity index (χ1) is 7.78. The van der Waals surface area contributed by atoms with E-state index in [-0.39, 0.29) is 17.2 Å². The molecule has 0 radical (unpaired) electrons. The second-order valence-corrected chi connectivity index (χ2v) is 3.53. The van der Waals surface area contributed by atoms with E-state index >= 15 is 0 Å². The minimum Gasteiger partial charge on any atom is -0.390 e. The van der Waals surface area contributed by atoms with Gasteiger partial charge in [0, 0.05) is 7.05 Å². The van der Waals surface area contributed by atoms with Crippen molar-refractivity contribution in [2.75, 3.05) is 18.5 Å². The maximum absolute atomic E-state index is 12.8. The highest BCUT2D eigenvalue weighted by molar-refractivity contribution is 5.59. The standard InChI is InChI=1S/C8H12F2N4O3/c1-5-6(14(16)17)7(13(2)12-5)11-3-8(9,10)4-15/h11,15H,3-4H2,1-2H3. The molecule has 17 heavy (non-hydrogen) atoms. The number of aliphatic hydroxyl groups is 1. The van der Waals surface area contributed by atoms with Crippen LogP contribution in [-0.4, -0.2) is 38.9 Å². The maximum atomic E-state index is 12.8. The molecule has 1 rings (SSSR count). The topological polar surface area (TPSA) is 93.2 Å². The Hall–Kier alpha value is -1.77. The molecular formula is C8H12F2N4O3. The summed E-state index contributed by atoms with van der Waals surface area (Å²) in [6.07, 6.45) is 0. The number of anilines is 1. The van der Waals surface area contributed by atoms with Crippen molar-refractivity contribution in [1.29, 1.82) is 0 Å². The van der Waals surface area contributed by atoms with Crippen LogP contribution < -0.4 is 5.32 Å². The first-order valence-corrected chi connectivity index (χ1v) is 4.69. The molecule has 0 aliphatic rings. The summed E-state index contributed by atoms with van der Waals surface area (Å²) < 4.78 is 26.7. The molecule has 1 aromatic heterocycles. The van der Waals surface area contributed by atoms with Crippen LogP contribution in [0.2, 0.25) is 0 Å². The first-order valence-electron chi connectivity index (χ1n) is 4.69. The minimum absolute atomic E-state index is 0.111. The summed E-state index contributed by atoms with van der Waals surface area (Å²) in [6, 6.07) is 0. The Labute approximate surface area is 95.2 Å². The lowest BCUT2D eigenvalue weighted by molar-refractivity contribution is -0.384. The molecule has 9 heteroatoms. The van der Waals surface area contributed by atoms with Gasteiger partial charge in [0.2, 0.25) is 5.82 Å². The summed E-state index contributed by atoms with van der Waals surface area (Å²) >= 11 is 0. The molecule has 1 aromatic rings. The van der Waals surface area contributed by atoms with Gasteiger partial charge in [0.1, 0.15) is 12.3 Å². The number of hydrogen-bond acceptors (Lipinski definition) is 5. The van der Waals surface area contributed by atoms with Crippen LogP contribution in [0, 0.1) is 17.0 Å². The summed E-state index contributed by atoms with van der Waals surface area (Å²) in [4.78, 5) is 10.0. The van der Waals surface area contributed by atoms with Crippen molar-refractivity contribution in [3.63, 3.8) is 0 Å². The van der Waals surface area contributed by atoms with Gasteiger partial charge < -0.3 is 10.4 Å². The number of aromatic nitrogens is 2. The smallest absolute Gasteiger partial charge is 0.333 e. The van der Waals surface area contributed by atoms with Crippen LogP contribution in [0.15, 0.2) is 0 Å². The normalized spacial score (nSPS) is 11.6. The predicted molar refractivity (Wildman–Crippen MR) is 55.1 cm³/mol. The van der Waals surface area contributed by atoms with Gasteiger partial charge in [-0.1, -0.05) is 0 Å². The third-order valence-electron chi connectivity index (χ3n) is 2.12. The average Bonchev–Trinajstić information content (AvgIpc) is 2.50. The van der Waals surface area contributed by atoms with E-state index in [1.165, 1.54) is 14.0 Å². The zero-order valence-corrected chi connectivity index (χ0v) is 9.28. The van der Waals surface area contributed by atoms with Crippen LogP contribution in [0.4, 0.5) is 20.3 Å². The Morgan fingerprint density at radius 2 is 2.24 bits per heavy atom. The Morgan fingerprint density at radius 1 is 1.65 bits per heavy atom. The largest absolute Gasteiger partial charge is 0.390 e. The van der Waals surface area contributed by atoms with Crippen molar-refractivity contribution in [3.05, 3.63) is 15.8 Å². The summed E-state index contributed by atoms with van der Waals surface area (Å²) in [5, 5.41) is 25.1. The van der Waals surface area contributed by atoms with E-state index in [0.717, 1.165) is 4.68 Å². The molecule has 7 nitrogen and oxygen atoms in total. The molecule has 0 saturated heterocycles. The van der Waals surface area contributed by atoms with Crippen LogP contribution in [0.5, 0.6) is 0 Å². The van der Waals surface area contributed by atoms with Crippen molar-refractivity contribution in [2.45, 2.75) is 12.8 Å². The second-order valence-electron chi connectivity index (χ2n) is 3.53. The Kier molecular flexibility index (Phi) is 3.61. The number of aryl methyl sites for hydroxylation is 2. The van der Waals surface area contributed by atoms with Gasteiger partial charge in [0.05, 0.1) is 11.5 Å². The summed E-state index contributed by atoms with van der Waals surface area (Å²) in [5.41, 5.74) is -0.214. The van der Waals surface area contributed by atoms with Crippen molar-refractivity contribution in [2.24, 2.45) is 7.05 Å². The summed E-state index contributed by atoms with van der Waals surface area (Å²) in [6.45, 7) is -0.818. The number of nitro groups is 1. The van der Waals surface area contributed by atoms with Gasteiger partial charge in [0.25, 0.3) is 5.92 Å². The highest BCUT2D eigenvalue weighted by atomic mass is 19.3. The zero-order chi connectivity index (χ0) is 13.2. The molecule has 0 aliphatic heterocycles. The number of hydrogen-bond donors (Lipinski definition) is 2. The fraction of sp³-hybridized carbons (Fsp3) is 0.625. The van der Waals surface area contributed by atoms with Gasteiger partial charge >= 0.3 is 5.69 Å². The number of aliphatic hydroxyl groups excluding tert-OH is 1. The van der Waals surface area contributed by atoms with Crippen molar-refractivity contribution >= 4 is 11.5 Å². The molecule has 0 unspecified atom stereocenters. The van der Waals surface area contributed by atoms with Gasteiger partial charge in [0.15, 0.2) is 0 Å². The maximum Gasteiger partial charge on any atom is 0.333 e. The average molecular weight is 250 g/mol. The lowest BCUT2D eigenvalue weighted by Crippen LogP contribution is -2.31. The molecule has 0 aromatic carbocycles. The van der Waals surface area contributed by atoms with E-state index in [4.69, 9.17) is 5.11 Å². The van der Waals surface area contributed by atoms with E-state index < -0.39 is 24.0 Å². The minimum atomic E-state index is -3.34. The number of rotatable bonds is 5. The van der Waals surface area contributed by atoms with Gasteiger partial charge in [-0.2, -0.15) is 5.10 Å². The molecule has 1 heterocycles. The molecule has 0 bridgehead atoms. The molecule has 96 valence electrons. The van der Waals surface area contributed by atoms with Gasteiger partial charge in [-0.3, -0.25) is 10.1 Å². The van der Waals surface area contributed by atoms with Gasteiger partial charge in [-0.25, -0.2) is 13.5 Å². The fourth-order valence-electron chi connectivity index (χ4n) is 1.33.